The van der Waals surface area contributed by atoms with Gasteiger partial charge in [-0.2, -0.15) is 0 Å². The first-order chi connectivity index (χ1) is 11.0. The molecule has 0 saturated heterocycles. The maximum absolute atomic E-state index is 10.9. The lowest BCUT2D eigenvalue weighted by atomic mass is 10.1. The average molecular weight is 333 g/mol. The van der Waals surface area contributed by atoms with Gasteiger partial charge in [0, 0.05) is 12.6 Å². The first-order valence-corrected chi connectivity index (χ1v) is 7.17. The van der Waals surface area contributed by atoms with Crippen molar-refractivity contribution >= 4 is 28.7 Å². The second-order valence-corrected chi connectivity index (χ2v) is 5.14. The van der Waals surface area contributed by atoms with Crippen molar-refractivity contribution in [1.82, 2.24) is 5.32 Å². The van der Waals surface area contributed by atoms with Gasteiger partial charge in [-0.05, 0) is 42.4 Å². The molecule has 4 N–H and O–H groups in total. The van der Waals surface area contributed by atoms with E-state index in [1.165, 1.54) is 18.2 Å². The molecule has 0 bridgehead atoms. The zero-order valence-corrected chi connectivity index (χ0v) is 12.8. The molecular weight excluding hydrogens is 318 g/mol. The van der Waals surface area contributed by atoms with E-state index in [0.29, 0.717) is 18.7 Å². The molecule has 0 spiro atoms. The number of phenolic OH excluding ortho intramolecular Hbond substituents is 2. The number of hydrogen-bond donors (Lipinski definition) is 4. The average Bonchev–Trinajstić information content (AvgIpc) is 2.51. The van der Waals surface area contributed by atoms with Crippen LogP contribution in [0.25, 0.3) is 0 Å². The molecule has 0 fully saturated rings. The van der Waals surface area contributed by atoms with Crippen LogP contribution in [0.1, 0.15) is 5.56 Å². The van der Waals surface area contributed by atoms with Gasteiger partial charge >= 0.3 is 0 Å². The van der Waals surface area contributed by atoms with E-state index in [4.69, 9.17) is 12.2 Å². The quantitative estimate of drug-likeness (QED) is 0.288. The third-order valence-electron chi connectivity index (χ3n) is 3.09. The Kier molecular flexibility index (Phi) is 5.32. The van der Waals surface area contributed by atoms with Crippen molar-refractivity contribution < 1.29 is 15.1 Å². The summed E-state index contributed by atoms with van der Waals surface area (Å²) in [6, 6.07) is 10.8. The predicted molar refractivity (Wildman–Crippen MR) is 90.8 cm³/mol. The molecule has 0 saturated carbocycles. The summed E-state index contributed by atoms with van der Waals surface area (Å²) >= 11 is 5.11. The minimum absolute atomic E-state index is 0.0555. The fourth-order valence-corrected chi connectivity index (χ4v) is 2.16. The maximum Gasteiger partial charge on any atom is 0.292 e. The molecule has 0 aliphatic heterocycles. The summed E-state index contributed by atoms with van der Waals surface area (Å²) in [5.41, 5.74) is 1.08. The summed E-state index contributed by atoms with van der Waals surface area (Å²) in [7, 11) is 0. The summed E-state index contributed by atoms with van der Waals surface area (Å²) in [6.45, 7) is 0.469. The number of nitro benzene ring substituents is 1. The van der Waals surface area contributed by atoms with E-state index in [0.717, 1.165) is 5.56 Å². The van der Waals surface area contributed by atoms with Gasteiger partial charge in [-0.1, -0.05) is 18.2 Å². The fraction of sp³-hybridized carbons (Fsp3) is 0.133. The summed E-state index contributed by atoms with van der Waals surface area (Å²) in [5.74, 6) is -0.349. The maximum atomic E-state index is 10.9. The van der Waals surface area contributed by atoms with Gasteiger partial charge in [-0.15, -0.1) is 0 Å². The minimum atomic E-state index is -0.482. The van der Waals surface area contributed by atoms with Crippen molar-refractivity contribution in [3.05, 3.63) is 58.1 Å². The number of para-hydroxylation sites is 2. The van der Waals surface area contributed by atoms with Crippen LogP contribution < -0.4 is 10.6 Å². The second-order valence-electron chi connectivity index (χ2n) is 4.73. The SMILES string of the molecule is O=[N+]([O-])c1ccccc1NC(=S)NCCc1ccc(O)c(O)c1. The Morgan fingerprint density at radius 3 is 2.61 bits per heavy atom. The fourth-order valence-electron chi connectivity index (χ4n) is 1.95. The van der Waals surface area contributed by atoms with E-state index in [1.807, 2.05) is 0 Å². The molecule has 0 aromatic heterocycles. The van der Waals surface area contributed by atoms with Gasteiger partial charge in [0.05, 0.1) is 4.92 Å². The molecule has 0 atom stereocenters. The highest BCUT2D eigenvalue weighted by Crippen LogP contribution is 2.25. The highest BCUT2D eigenvalue weighted by atomic mass is 32.1. The van der Waals surface area contributed by atoms with Crippen LogP contribution in [0.3, 0.4) is 0 Å². The van der Waals surface area contributed by atoms with E-state index in [9.17, 15) is 20.3 Å². The molecule has 2 aromatic carbocycles. The molecule has 0 unspecified atom stereocenters. The van der Waals surface area contributed by atoms with Crippen LogP contribution in [-0.2, 0) is 6.42 Å². The smallest absolute Gasteiger partial charge is 0.292 e. The number of nitrogens with one attached hydrogen (secondary N) is 2. The largest absolute Gasteiger partial charge is 0.504 e. The molecule has 7 nitrogen and oxygen atoms in total. The molecule has 2 aromatic rings. The number of nitrogens with zero attached hydrogens (tertiary/aromatic N) is 1. The van der Waals surface area contributed by atoms with Crippen LogP contribution in [-0.4, -0.2) is 26.8 Å². The normalized spacial score (nSPS) is 10.1. The van der Waals surface area contributed by atoms with Crippen molar-refractivity contribution in [2.45, 2.75) is 6.42 Å². The van der Waals surface area contributed by atoms with E-state index < -0.39 is 4.92 Å². The molecule has 0 aliphatic carbocycles. The number of phenols is 2. The van der Waals surface area contributed by atoms with Crippen LogP contribution in [0.5, 0.6) is 11.5 Å². The molecule has 120 valence electrons. The van der Waals surface area contributed by atoms with Gasteiger partial charge < -0.3 is 20.8 Å². The van der Waals surface area contributed by atoms with Gasteiger partial charge in [0.1, 0.15) is 5.69 Å². The molecule has 0 radical (unpaired) electrons. The lowest BCUT2D eigenvalue weighted by Gasteiger charge is -2.11. The Labute approximate surface area is 137 Å². The first-order valence-electron chi connectivity index (χ1n) is 6.76. The summed E-state index contributed by atoms with van der Waals surface area (Å²) in [4.78, 5) is 10.4. The number of hydrogen-bond acceptors (Lipinski definition) is 5. The standard InChI is InChI=1S/C15H15N3O4S/c19-13-6-5-10(9-14(13)20)7-8-16-15(23)17-11-3-1-2-4-12(11)18(21)22/h1-6,9,19-20H,7-8H2,(H2,16,17,23). The third kappa shape index (κ3) is 4.55. The second kappa shape index (κ2) is 7.41. The highest BCUT2D eigenvalue weighted by molar-refractivity contribution is 7.80. The number of benzene rings is 2. The number of nitro groups is 1. The summed E-state index contributed by atoms with van der Waals surface area (Å²) in [6.07, 6.45) is 0.562. The van der Waals surface area contributed by atoms with Crippen molar-refractivity contribution in [3.63, 3.8) is 0 Å². The minimum Gasteiger partial charge on any atom is -0.504 e. The van der Waals surface area contributed by atoms with Crippen LogP contribution in [0.15, 0.2) is 42.5 Å². The Hall–Kier alpha value is -2.87. The Bertz CT molecular complexity index is 736. The van der Waals surface area contributed by atoms with Crippen LogP contribution >= 0.6 is 12.2 Å². The van der Waals surface area contributed by atoms with E-state index in [1.54, 1.807) is 24.3 Å². The van der Waals surface area contributed by atoms with Gasteiger partial charge in [0.15, 0.2) is 16.6 Å². The van der Waals surface area contributed by atoms with Gasteiger partial charge in [0.2, 0.25) is 0 Å². The Morgan fingerprint density at radius 1 is 1.17 bits per heavy atom. The van der Waals surface area contributed by atoms with Crippen LogP contribution in [0.4, 0.5) is 11.4 Å². The molecule has 23 heavy (non-hydrogen) atoms. The molecule has 0 heterocycles. The van der Waals surface area contributed by atoms with Crippen molar-refractivity contribution in [1.29, 1.82) is 0 Å². The van der Waals surface area contributed by atoms with Gasteiger partial charge in [-0.3, -0.25) is 10.1 Å². The van der Waals surface area contributed by atoms with E-state index in [-0.39, 0.29) is 22.3 Å². The highest BCUT2D eigenvalue weighted by Gasteiger charge is 2.12. The number of thiocarbonyl (C=S) groups is 1. The van der Waals surface area contributed by atoms with Gasteiger partial charge in [-0.25, -0.2) is 0 Å². The number of anilines is 1. The molecule has 0 amide bonds. The molecule has 2 rings (SSSR count). The van der Waals surface area contributed by atoms with Crippen molar-refractivity contribution in [2.75, 3.05) is 11.9 Å². The Morgan fingerprint density at radius 2 is 1.91 bits per heavy atom. The van der Waals surface area contributed by atoms with Crippen LogP contribution in [0, 0.1) is 10.1 Å². The summed E-state index contributed by atoms with van der Waals surface area (Å²) in [5, 5.41) is 35.6. The first kappa shape index (κ1) is 16.5. The number of aromatic hydroxyl groups is 2. The number of rotatable bonds is 5. The molecule has 8 heteroatoms. The van der Waals surface area contributed by atoms with E-state index >= 15 is 0 Å². The van der Waals surface area contributed by atoms with E-state index in [2.05, 4.69) is 10.6 Å². The lowest BCUT2D eigenvalue weighted by Crippen LogP contribution is -2.30. The van der Waals surface area contributed by atoms with Crippen molar-refractivity contribution in [3.8, 4) is 11.5 Å². The molecular formula is C15H15N3O4S. The van der Waals surface area contributed by atoms with Crippen molar-refractivity contribution in [2.24, 2.45) is 0 Å². The molecule has 0 aliphatic rings. The summed E-state index contributed by atoms with van der Waals surface area (Å²) < 4.78 is 0. The topological polar surface area (TPSA) is 108 Å². The monoisotopic (exact) mass is 333 g/mol. The van der Waals surface area contributed by atoms with Gasteiger partial charge in [0.25, 0.3) is 5.69 Å². The van der Waals surface area contributed by atoms with Crippen LogP contribution in [0.2, 0.25) is 0 Å². The zero-order valence-electron chi connectivity index (χ0n) is 12.0. The lowest BCUT2D eigenvalue weighted by molar-refractivity contribution is -0.383. The Balaban J connectivity index is 1.88. The third-order valence-corrected chi connectivity index (χ3v) is 3.33. The predicted octanol–water partition coefficient (Wildman–Crippen LogP) is 2.54. The zero-order chi connectivity index (χ0) is 16.8.